The first-order valence-electron chi connectivity index (χ1n) is 4.74. The minimum absolute atomic E-state index is 0.227. The molecule has 0 radical (unpaired) electrons. The van der Waals surface area contributed by atoms with Crippen molar-refractivity contribution >= 4 is 5.97 Å². The van der Waals surface area contributed by atoms with Gasteiger partial charge in [-0.3, -0.25) is 4.79 Å². The van der Waals surface area contributed by atoms with Gasteiger partial charge in [0.1, 0.15) is 5.60 Å². The van der Waals surface area contributed by atoms with Gasteiger partial charge in [0.2, 0.25) is 0 Å². The Bertz CT molecular complexity index is 160. The number of hydrogen-bond donors (Lipinski definition) is 0. The molecule has 0 saturated heterocycles. The number of carbonyl (C=O) groups excluding carboxylic acids is 1. The Hall–Kier alpha value is -0.610. The van der Waals surface area contributed by atoms with Crippen molar-refractivity contribution in [2.24, 2.45) is 0 Å². The zero-order chi connectivity index (χ0) is 11.0. The standard InChI is InChI=1S/C10H20O4/c1-10(2,3)14-9(11)5-6-13-8-7-12-4/h5-8H2,1-4H3. The van der Waals surface area contributed by atoms with Crippen LogP contribution in [0.25, 0.3) is 0 Å². The van der Waals surface area contributed by atoms with E-state index in [2.05, 4.69) is 0 Å². The highest BCUT2D eigenvalue weighted by Crippen LogP contribution is 2.07. The Morgan fingerprint density at radius 2 is 1.79 bits per heavy atom. The molecule has 0 rings (SSSR count). The van der Waals surface area contributed by atoms with Crippen LogP contribution in [0.2, 0.25) is 0 Å². The molecule has 0 aromatic rings. The average molecular weight is 204 g/mol. The molecule has 14 heavy (non-hydrogen) atoms. The molecule has 0 aromatic heterocycles. The third kappa shape index (κ3) is 9.48. The van der Waals surface area contributed by atoms with E-state index in [0.717, 1.165) is 0 Å². The highest BCUT2D eigenvalue weighted by Gasteiger charge is 2.15. The fourth-order valence-corrected chi connectivity index (χ4v) is 0.792. The maximum absolute atomic E-state index is 11.2. The van der Waals surface area contributed by atoms with Crippen molar-refractivity contribution in [2.75, 3.05) is 26.9 Å². The summed E-state index contributed by atoms with van der Waals surface area (Å²) in [4.78, 5) is 11.2. The first-order chi connectivity index (χ1) is 6.45. The molecule has 0 fully saturated rings. The number of rotatable bonds is 6. The second-order valence-corrected chi connectivity index (χ2v) is 3.94. The van der Waals surface area contributed by atoms with Gasteiger partial charge in [-0.25, -0.2) is 0 Å². The predicted molar refractivity (Wildman–Crippen MR) is 53.2 cm³/mol. The molecule has 4 nitrogen and oxygen atoms in total. The predicted octanol–water partition coefficient (Wildman–Crippen LogP) is 1.38. The summed E-state index contributed by atoms with van der Waals surface area (Å²) in [6.07, 6.45) is 0.293. The van der Waals surface area contributed by atoms with E-state index >= 15 is 0 Å². The molecule has 0 bridgehead atoms. The van der Waals surface area contributed by atoms with Gasteiger partial charge in [-0.1, -0.05) is 0 Å². The van der Waals surface area contributed by atoms with Crippen LogP contribution in [0.3, 0.4) is 0 Å². The quantitative estimate of drug-likeness (QED) is 0.484. The van der Waals surface area contributed by atoms with E-state index in [0.29, 0.717) is 26.2 Å². The highest BCUT2D eigenvalue weighted by atomic mass is 16.6. The lowest BCUT2D eigenvalue weighted by molar-refractivity contribution is -0.156. The lowest BCUT2D eigenvalue weighted by Crippen LogP contribution is -2.24. The Balaban J connectivity index is 3.36. The number of hydrogen-bond acceptors (Lipinski definition) is 4. The summed E-state index contributed by atoms with van der Waals surface area (Å²) in [7, 11) is 1.61. The van der Waals surface area contributed by atoms with Crippen LogP contribution in [-0.2, 0) is 19.0 Å². The summed E-state index contributed by atoms with van der Waals surface area (Å²) in [6, 6.07) is 0. The van der Waals surface area contributed by atoms with Gasteiger partial charge < -0.3 is 14.2 Å². The van der Waals surface area contributed by atoms with Gasteiger partial charge in [-0.2, -0.15) is 0 Å². The minimum atomic E-state index is -0.413. The average Bonchev–Trinajstić information content (AvgIpc) is 2.00. The normalized spacial score (nSPS) is 11.4. The molecule has 0 unspecified atom stereocenters. The van der Waals surface area contributed by atoms with Crippen LogP contribution < -0.4 is 0 Å². The lowest BCUT2D eigenvalue weighted by Gasteiger charge is -2.19. The van der Waals surface area contributed by atoms with E-state index in [9.17, 15) is 4.79 Å². The van der Waals surface area contributed by atoms with Crippen LogP contribution in [0.5, 0.6) is 0 Å². The molecule has 0 spiro atoms. The summed E-state index contributed by atoms with van der Waals surface area (Å²) < 4.78 is 15.0. The molecular weight excluding hydrogens is 184 g/mol. The van der Waals surface area contributed by atoms with E-state index < -0.39 is 5.60 Å². The van der Waals surface area contributed by atoms with Gasteiger partial charge in [0.05, 0.1) is 26.2 Å². The number of methoxy groups -OCH3 is 1. The van der Waals surface area contributed by atoms with Crippen molar-refractivity contribution in [2.45, 2.75) is 32.8 Å². The maximum Gasteiger partial charge on any atom is 0.308 e. The van der Waals surface area contributed by atoms with Crippen molar-refractivity contribution in [3.05, 3.63) is 0 Å². The van der Waals surface area contributed by atoms with E-state index in [1.165, 1.54) is 0 Å². The number of esters is 1. The Kier molecular flexibility index (Phi) is 6.49. The van der Waals surface area contributed by atoms with Crippen molar-refractivity contribution < 1.29 is 19.0 Å². The fraction of sp³-hybridized carbons (Fsp3) is 0.900. The molecule has 0 aliphatic carbocycles. The minimum Gasteiger partial charge on any atom is -0.460 e. The summed E-state index contributed by atoms with van der Waals surface area (Å²) in [5.41, 5.74) is -0.413. The smallest absolute Gasteiger partial charge is 0.308 e. The number of ether oxygens (including phenoxy) is 3. The van der Waals surface area contributed by atoms with Crippen molar-refractivity contribution in [1.29, 1.82) is 0 Å². The van der Waals surface area contributed by atoms with Crippen molar-refractivity contribution in [3.8, 4) is 0 Å². The second kappa shape index (κ2) is 6.79. The molecule has 0 aliphatic heterocycles. The van der Waals surface area contributed by atoms with Crippen molar-refractivity contribution in [3.63, 3.8) is 0 Å². The third-order valence-corrected chi connectivity index (χ3v) is 1.30. The molecule has 0 heterocycles. The molecule has 4 heteroatoms. The SMILES string of the molecule is COCCOCCC(=O)OC(C)(C)C. The van der Waals surface area contributed by atoms with Gasteiger partial charge in [-0.05, 0) is 20.8 Å². The largest absolute Gasteiger partial charge is 0.460 e. The molecule has 0 N–H and O–H groups in total. The van der Waals surface area contributed by atoms with E-state index in [4.69, 9.17) is 14.2 Å². The number of carbonyl (C=O) groups is 1. The van der Waals surface area contributed by atoms with E-state index in [1.807, 2.05) is 20.8 Å². The molecule has 0 atom stereocenters. The molecule has 0 aromatic carbocycles. The Labute approximate surface area is 85.5 Å². The first kappa shape index (κ1) is 13.4. The highest BCUT2D eigenvalue weighted by molar-refractivity contribution is 5.69. The van der Waals surface area contributed by atoms with Crippen LogP contribution in [0.4, 0.5) is 0 Å². The fourth-order valence-electron chi connectivity index (χ4n) is 0.792. The maximum atomic E-state index is 11.2. The Morgan fingerprint density at radius 1 is 1.14 bits per heavy atom. The monoisotopic (exact) mass is 204 g/mol. The topological polar surface area (TPSA) is 44.8 Å². The lowest BCUT2D eigenvalue weighted by atomic mass is 10.2. The van der Waals surface area contributed by atoms with Crippen LogP contribution in [0, 0.1) is 0 Å². The zero-order valence-corrected chi connectivity index (χ0v) is 9.46. The van der Waals surface area contributed by atoms with Crippen LogP contribution in [0.15, 0.2) is 0 Å². The molecule has 0 amide bonds. The van der Waals surface area contributed by atoms with Gasteiger partial charge in [0.25, 0.3) is 0 Å². The summed E-state index contributed by atoms with van der Waals surface area (Å²) in [6.45, 7) is 6.98. The summed E-state index contributed by atoms with van der Waals surface area (Å²) >= 11 is 0. The van der Waals surface area contributed by atoms with Gasteiger partial charge in [0.15, 0.2) is 0 Å². The van der Waals surface area contributed by atoms with Gasteiger partial charge in [0, 0.05) is 7.11 Å². The zero-order valence-electron chi connectivity index (χ0n) is 9.46. The Morgan fingerprint density at radius 3 is 2.29 bits per heavy atom. The molecular formula is C10H20O4. The van der Waals surface area contributed by atoms with Gasteiger partial charge >= 0.3 is 5.97 Å². The summed E-state index contributed by atoms with van der Waals surface area (Å²) in [5, 5.41) is 0. The molecule has 84 valence electrons. The van der Waals surface area contributed by atoms with Crippen LogP contribution >= 0.6 is 0 Å². The molecule has 0 saturated carbocycles. The van der Waals surface area contributed by atoms with Crippen LogP contribution in [0.1, 0.15) is 27.2 Å². The van der Waals surface area contributed by atoms with Crippen molar-refractivity contribution in [1.82, 2.24) is 0 Å². The molecule has 0 aliphatic rings. The summed E-state index contributed by atoms with van der Waals surface area (Å²) in [5.74, 6) is -0.227. The third-order valence-electron chi connectivity index (χ3n) is 1.30. The van der Waals surface area contributed by atoms with Crippen LogP contribution in [-0.4, -0.2) is 38.5 Å². The first-order valence-corrected chi connectivity index (χ1v) is 4.74. The van der Waals surface area contributed by atoms with E-state index in [-0.39, 0.29) is 5.97 Å². The van der Waals surface area contributed by atoms with Gasteiger partial charge in [-0.15, -0.1) is 0 Å². The second-order valence-electron chi connectivity index (χ2n) is 3.94. The van der Waals surface area contributed by atoms with E-state index in [1.54, 1.807) is 7.11 Å².